The maximum absolute atomic E-state index is 13.1. The molecular formula is C29H33N5O5. The van der Waals surface area contributed by atoms with E-state index >= 15 is 0 Å². The molecule has 1 aliphatic heterocycles. The largest absolute Gasteiger partial charge is 0.455 e. The Morgan fingerprint density at radius 3 is 2.59 bits per heavy atom. The maximum atomic E-state index is 13.1. The number of amides is 2. The number of furan rings is 1. The first-order valence-corrected chi connectivity index (χ1v) is 13.3. The molecule has 10 heteroatoms. The summed E-state index contributed by atoms with van der Waals surface area (Å²) in [4.78, 5) is 38.1. The summed E-state index contributed by atoms with van der Waals surface area (Å²) in [5.41, 5.74) is 3.85. The summed E-state index contributed by atoms with van der Waals surface area (Å²) in [5, 5.41) is 18.1. The molecule has 204 valence electrons. The van der Waals surface area contributed by atoms with Crippen molar-refractivity contribution in [2.24, 2.45) is 5.10 Å². The molecular weight excluding hydrogens is 498 g/mol. The second-order valence-corrected chi connectivity index (χ2v) is 9.47. The van der Waals surface area contributed by atoms with Crippen LogP contribution in [0.2, 0.25) is 0 Å². The molecule has 1 saturated heterocycles. The zero-order chi connectivity index (χ0) is 27.5. The number of nitro benzene ring substituents is 1. The van der Waals surface area contributed by atoms with Crippen molar-refractivity contribution in [1.29, 1.82) is 0 Å². The number of nitrogens with one attached hydrogen (secondary N) is 2. The molecule has 0 unspecified atom stereocenters. The van der Waals surface area contributed by atoms with E-state index in [1.807, 2.05) is 18.2 Å². The van der Waals surface area contributed by atoms with E-state index in [0.29, 0.717) is 35.6 Å². The summed E-state index contributed by atoms with van der Waals surface area (Å²) in [6.07, 6.45) is 6.94. The van der Waals surface area contributed by atoms with E-state index in [1.54, 1.807) is 36.4 Å². The van der Waals surface area contributed by atoms with Crippen LogP contribution in [0.25, 0.3) is 11.3 Å². The molecule has 2 aromatic carbocycles. The Hall–Kier alpha value is -4.31. The Morgan fingerprint density at radius 1 is 1.03 bits per heavy atom. The Kier molecular flexibility index (Phi) is 9.96. The topological polar surface area (TPSA) is 130 Å². The van der Waals surface area contributed by atoms with Crippen molar-refractivity contribution < 1.29 is 18.9 Å². The normalized spacial score (nSPS) is 14.7. The predicted molar refractivity (Wildman–Crippen MR) is 148 cm³/mol. The number of hydrazone groups is 1. The molecule has 0 spiro atoms. The van der Waals surface area contributed by atoms with Crippen LogP contribution in [-0.2, 0) is 4.79 Å². The third-order valence-electron chi connectivity index (χ3n) is 6.69. The standard InChI is InChI=1S/C29H33N5O5/c35-28(22-10-3-1-4-11-22)30-17-6-5-14-26(33-18-7-2-8-19-33)29(36)32-31-21-25-15-16-27(39-25)23-12-9-13-24(20-23)34(37)38/h1,3-4,9-13,15-16,20-21,26H,2,5-8,14,17-19H2,(H,30,35)(H,32,36)/b31-21+/t26-/m1/s1. The monoisotopic (exact) mass is 531 g/mol. The van der Waals surface area contributed by atoms with E-state index in [4.69, 9.17) is 4.42 Å². The fourth-order valence-electron chi connectivity index (χ4n) is 4.65. The average Bonchev–Trinajstić information content (AvgIpc) is 3.44. The van der Waals surface area contributed by atoms with Crippen LogP contribution in [0.1, 0.15) is 54.6 Å². The fraction of sp³-hybridized carbons (Fsp3) is 0.345. The van der Waals surface area contributed by atoms with E-state index in [1.165, 1.54) is 24.8 Å². The quantitative estimate of drug-likeness (QED) is 0.150. The van der Waals surface area contributed by atoms with Gasteiger partial charge in [0.2, 0.25) is 0 Å². The van der Waals surface area contributed by atoms with Gasteiger partial charge in [-0.1, -0.05) is 36.8 Å². The minimum atomic E-state index is -0.454. The van der Waals surface area contributed by atoms with Gasteiger partial charge in [0.1, 0.15) is 11.5 Å². The molecule has 39 heavy (non-hydrogen) atoms. The van der Waals surface area contributed by atoms with Crippen LogP contribution in [0.4, 0.5) is 5.69 Å². The highest BCUT2D eigenvalue weighted by atomic mass is 16.6. The molecule has 0 bridgehead atoms. The van der Waals surface area contributed by atoms with Gasteiger partial charge in [0, 0.05) is 29.8 Å². The molecule has 2 heterocycles. The number of piperidine rings is 1. The maximum Gasteiger partial charge on any atom is 0.270 e. The minimum absolute atomic E-state index is 0.0197. The van der Waals surface area contributed by atoms with Crippen molar-refractivity contribution in [3.05, 3.63) is 88.2 Å². The van der Waals surface area contributed by atoms with E-state index in [0.717, 1.165) is 38.8 Å². The number of carbonyl (C=O) groups excluding carboxylic acids is 2. The molecule has 1 atom stereocenters. The lowest BCUT2D eigenvalue weighted by Gasteiger charge is -2.33. The average molecular weight is 532 g/mol. The van der Waals surface area contributed by atoms with Crippen molar-refractivity contribution in [3.8, 4) is 11.3 Å². The second-order valence-electron chi connectivity index (χ2n) is 9.47. The highest BCUT2D eigenvalue weighted by Gasteiger charge is 2.26. The molecule has 10 nitrogen and oxygen atoms in total. The lowest BCUT2D eigenvalue weighted by molar-refractivity contribution is -0.384. The lowest BCUT2D eigenvalue weighted by Crippen LogP contribution is -2.47. The van der Waals surface area contributed by atoms with Crippen LogP contribution in [-0.4, -0.2) is 53.5 Å². The van der Waals surface area contributed by atoms with Crippen LogP contribution < -0.4 is 10.7 Å². The summed E-state index contributed by atoms with van der Waals surface area (Å²) in [5.74, 6) is 0.617. The minimum Gasteiger partial charge on any atom is -0.455 e. The molecule has 2 amide bonds. The fourth-order valence-corrected chi connectivity index (χ4v) is 4.65. The zero-order valence-electron chi connectivity index (χ0n) is 21.8. The van der Waals surface area contributed by atoms with Gasteiger partial charge in [-0.25, -0.2) is 5.43 Å². The summed E-state index contributed by atoms with van der Waals surface area (Å²) in [6, 6.07) is 18.4. The summed E-state index contributed by atoms with van der Waals surface area (Å²) >= 11 is 0. The van der Waals surface area contributed by atoms with Crippen molar-refractivity contribution in [2.45, 2.75) is 44.6 Å². The number of nitrogens with zero attached hydrogens (tertiary/aromatic N) is 3. The van der Waals surface area contributed by atoms with Gasteiger partial charge in [-0.3, -0.25) is 24.6 Å². The van der Waals surface area contributed by atoms with Crippen molar-refractivity contribution in [2.75, 3.05) is 19.6 Å². The molecule has 1 fully saturated rings. The highest BCUT2D eigenvalue weighted by molar-refractivity contribution is 5.94. The number of likely N-dealkylation sites (tertiary alicyclic amines) is 1. The number of carbonyl (C=O) groups is 2. The second kappa shape index (κ2) is 14.0. The third kappa shape index (κ3) is 8.08. The number of nitro groups is 1. The van der Waals surface area contributed by atoms with E-state index < -0.39 is 4.92 Å². The molecule has 1 aliphatic rings. The van der Waals surface area contributed by atoms with Crippen LogP contribution in [0.5, 0.6) is 0 Å². The first-order valence-electron chi connectivity index (χ1n) is 13.3. The zero-order valence-corrected chi connectivity index (χ0v) is 21.8. The van der Waals surface area contributed by atoms with E-state index in [9.17, 15) is 19.7 Å². The number of rotatable bonds is 12. The van der Waals surface area contributed by atoms with Crippen LogP contribution in [0.3, 0.4) is 0 Å². The Bertz CT molecular complexity index is 1280. The van der Waals surface area contributed by atoms with Crippen molar-refractivity contribution in [1.82, 2.24) is 15.6 Å². The van der Waals surface area contributed by atoms with Gasteiger partial charge in [0.15, 0.2) is 0 Å². The molecule has 0 saturated carbocycles. The first kappa shape index (κ1) is 27.7. The smallest absolute Gasteiger partial charge is 0.270 e. The first-order chi connectivity index (χ1) is 19.0. The third-order valence-corrected chi connectivity index (χ3v) is 6.69. The Labute approximate surface area is 227 Å². The van der Waals surface area contributed by atoms with E-state index in [2.05, 4.69) is 20.7 Å². The molecule has 2 N–H and O–H groups in total. The van der Waals surface area contributed by atoms with Gasteiger partial charge in [0.25, 0.3) is 17.5 Å². The van der Waals surface area contributed by atoms with Crippen LogP contribution in [0, 0.1) is 10.1 Å². The number of hydrogen-bond donors (Lipinski definition) is 2. The predicted octanol–water partition coefficient (Wildman–Crippen LogP) is 4.76. The molecule has 1 aromatic heterocycles. The molecule has 0 radical (unpaired) electrons. The lowest BCUT2D eigenvalue weighted by atomic mass is 10.0. The number of hydrogen-bond acceptors (Lipinski definition) is 7. The van der Waals surface area contributed by atoms with Crippen LogP contribution >= 0.6 is 0 Å². The number of non-ortho nitro benzene ring substituents is 1. The molecule has 0 aliphatic carbocycles. The summed E-state index contributed by atoms with van der Waals surface area (Å²) in [6.45, 7) is 2.29. The summed E-state index contributed by atoms with van der Waals surface area (Å²) < 4.78 is 5.74. The van der Waals surface area contributed by atoms with Crippen molar-refractivity contribution in [3.63, 3.8) is 0 Å². The number of benzene rings is 2. The highest BCUT2D eigenvalue weighted by Crippen LogP contribution is 2.25. The molecule has 4 rings (SSSR count). The van der Waals surface area contributed by atoms with Gasteiger partial charge in [-0.2, -0.15) is 5.10 Å². The van der Waals surface area contributed by atoms with Gasteiger partial charge in [0.05, 0.1) is 17.2 Å². The van der Waals surface area contributed by atoms with Crippen LogP contribution in [0.15, 0.2) is 76.2 Å². The van der Waals surface area contributed by atoms with Gasteiger partial charge in [-0.15, -0.1) is 0 Å². The van der Waals surface area contributed by atoms with Gasteiger partial charge >= 0.3 is 0 Å². The Morgan fingerprint density at radius 2 is 1.82 bits per heavy atom. The Balaban J connectivity index is 1.29. The van der Waals surface area contributed by atoms with Crippen molar-refractivity contribution >= 4 is 23.7 Å². The van der Waals surface area contributed by atoms with Gasteiger partial charge in [-0.05, 0) is 69.5 Å². The molecule has 3 aromatic rings. The SMILES string of the molecule is O=C(NCCCC[C@H](C(=O)N/N=C/c1ccc(-c2cccc([N+](=O)[O-])c2)o1)N1CCCCC1)c1ccccc1. The van der Waals surface area contributed by atoms with E-state index in [-0.39, 0.29) is 23.5 Å². The number of unbranched alkanes of at least 4 members (excludes halogenated alkanes) is 1. The van der Waals surface area contributed by atoms with Gasteiger partial charge < -0.3 is 9.73 Å². The summed E-state index contributed by atoms with van der Waals surface area (Å²) in [7, 11) is 0.